The summed E-state index contributed by atoms with van der Waals surface area (Å²) in [5, 5.41) is 6.15. The number of hydrogen-bond donors (Lipinski definition) is 2. The van der Waals surface area contributed by atoms with Crippen molar-refractivity contribution in [2.75, 3.05) is 24.3 Å². The van der Waals surface area contributed by atoms with Crippen molar-refractivity contribution in [2.45, 2.75) is 27.2 Å². The number of aryl methyl sites for hydroxylation is 3. The van der Waals surface area contributed by atoms with Crippen LogP contribution in [0.2, 0.25) is 0 Å². The average molecular weight is 390 g/mol. The van der Waals surface area contributed by atoms with Crippen LogP contribution < -0.4 is 15.4 Å². The number of benzene rings is 2. The Morgan fingerprint density at radius 1 is 1.00 bits per heavy atom. The second kappa shape index (κ2) is 9.19. The summed E-state index contributed by atoms with van der Waals surface area (Å²) in [4.78, 5) is 21.5. The van der Waals surface area contributed by atoms with Crippen molar-refractivity contribution in [3.05, 3.63) is 76.6 Å². The molecule has 0 saturated carbocycles. The number of anilines is 2. The molecule has 2 aromatic carbocycles. The monoisotopic (exact) mass is 390 g/mol. The van der Waals surface area contributed by atoms with E-state index in [1.54, 1.807) is 13.2 Å². The fraction of sp³-hybridized carbons (Fsp3) is 0.261. The normalized spacial score (nSPS) is 10.5. The number of nitrogens with zero attached hydrogens (tertiary/aromatic N) is 2. The summed E-state index contributed by atoms with van der Waals surface area (Å²) in [6.45, 7) is 6.47. The molecule has 0 bridgehead atoms. The van der Waals surface area contributed by atoms with E-state index in [0.717, 1.165) is 34.7 Å². The number of rotatable bonds is 7. The first-order valence-electron chi connectivity index (χ1n) is 9.55. The van der Waals surface area contributed by atoms with Crippen LogP contribution in [0.25, 0.3) is 0 Å². The molecular weight excluding hydrogens is 364 g/mol. The zero-order valence-electron chi connectivity index (χ0n) is 17.2. The lowest BCUT2D eigenvalue weighted by Gasteiger charge is -2.11. The Bertz CT molecular complexity index is 1000. The molecule has 6 nitrogen and oxygen atoms in total. The minimum atomic E-state index is -0.248. The highest BCUT2D eigenvalue weighted by molar-refractivity contribution is 6.03. The fourth-order valence-corrected chi connectivity index (χ4v) is 2.93. The minimum absolute atomic E-state index is 0.248. The van der Waals surface area contributed by atoms with Crippen LogP contribution in [0.3, 0.4) is 0 Å². The largest absolute Gasteiger partial charge is 0.497 e. The lowest BCUT2D eigenvalue weighted by atomic mass is 10.1. The van der Waals surface area contributed by atoms with Crippen molar-refractivity contribution < 1.29 is 9.53 Å². The Labute approximate surface area is 171 Å². The van der Waals surface area contributed by atoms with E-state index in [2.05, 4.69) is 20.6 Å². The highest BCUT2D eigenvalue weighted by atomic mass is 16.5. The van der Waals surface area contributed by atoms with Crippen LogP contribution >= 0.6 is 0 Å². The topological polar surface area (TPSA) is 76.1 Å². The van der Waals surface area contributed by atoms with E-state index in [9.17, 15) is 4.79 Å². The summed E-state index contributed by atoms with van der Waals surface area (Å²) in [7, 11) is 1.65. The zero-order chi connectivity index (χ0) is 20.8. The highest BCUT2D eigenvalue weighted by Crippen LogP contribution is 2.18. The molecule has 0 aliphatic rings. The van der Waals surface area contributed by atoms with E-state index < -0.39 is 0 Å². The summed E-state index contributed by atoms with van der Waals surface area (Å²) < 4.78 is 5.17. The maximum Gasteiger partial charge on any atom is 0.274 e. The molecule has 3 rings (SSSR count). The first kappa shape index (κ1) is 20.3. The second-order valence-corrected chi connectivity index (χ2v) is 7.02. The van der Waals surface area contributed by atoms with Crippen molar-refractivity contribution in [2.24, 2.45) is 0 Å². The summed E-state index contributed by atoms with van der Waals surface area (Å²) in [5.74, 6) is 1.04. The van der Waals surface area contributed by atoms with Crippen LogP contribution in [0, 0.1) is 20.8 Å². The number of methoxy groups -OCH3 is 1. The number of carbonyl (C=O) groups excluding carboxylic acids is 1. The van der Waals surface area contributed by atoms with Gasteiger partial charge in [0.2, 0.25) is 5.95 Å². The summed E-state index contributed by atoms with van der Waals surface area (Å²) in [6, 6.07) is 15.6. The van der Waals surface area contributed by atoms with E-state index >= 15 is 0 Å². The van der Waals surface area contributed by atoms with Gasteiger partial charge in [-0.2, -0.15) is 0 Å². The number of amides is 1. The molecular formula is C23H26N4O2. The third kappa shape index (κ3) is 5.54. The predicted octanol–water partition coefficient (Wildman–Crippen LogP) is 4.32. The van der Waals surface area contributed by atoms with Crippen molar-refractivity contribution >= 4 is 17.5 Å². The molecule has 3 aromatic rings. The van der Waals surface area contributed by atoms with Gasteiger partial charge in [0, 0.05) is 17.9 Å². The van der Waals surface area contributed by atoms with E-state index in [1.165, 1.54) is 5.56 Å². The van der Waals surface area contributed by atoms with Gasteiger partial charge in [-0.05, 0) is 68.1 Å². The Morgan fingerprint density at radius 2 is 1.76 bits per heavy atom. The molecule has 0 saturated heterocycles. The SMILES string of the molecule is COc1ccc(CCNc2nc(C)cc(C(=O)Nc3cc(C)ccc3C)n2)cc1. The van der Waals surface area contributed by atoms with Gasteiger partial charge in [-0.3, -0.25) is 4.79 Å². The van der Waals surface area contributed by atoms with Gasteiger partial charge in [-0.25, -0.2) is 9.97 Å². The Morgan fingerprint density at radius 3 is 2.48 bits per heavy atom. The van der Waals surface area contributed by atoms with Crippen LogP contribution in [-0.4, -0.2) is 29.5 Å². The molecule has 29 heavy (non-hydrogen) atoms. The molecule has 2 N–H and O–H groups in total. The maximum absolute atomic E-state index is 12.7. The van der Waals surface area contributed by atoms with Crippen LogP contribution in [0.15, 0.2) is 48.5 Å². The smallest absolute Gasteiger partial charge is 0.274 e. The number of hydrogen-bond acceptors (Lipinski definition) is 5. The Kier molecular flexibility index (Phi) is 6.44. The molecule has 1 heterocycles. The Balaban J connectivity index is 1.65. The first-order valence-corrected chi connectivity index (χ1v) is 9.55. The zero-order valence-corrected chi connectivity index (χ0v) is 17.2. The van der Waals surface area contributed by atoms with Gasteiger partial charge in [0.05, 0.1) is 7.11 Å². The van der Waals surface area contributed by atoms with Crippen molar-refractivity contribution in [1.82, 2.24) is 9.97 Å². The lowest BCUT2D eigenvalue weighted by molar-refractivity contribution is 0.102. The first-order chi connectivity index (χ1) is 13.9. The van der Waals surface area contributed by atoms with Crippen LogP contribution in [0.4, 0.5) is 11.6 Å². The number of aromatic nitrogens is 2. The minimum Gasteiger partial charge on any atom is -0.497 e. The van der Waals surface area contributed by atoms with Crippen molar-refractivity contribution in [3.63, 3.8) is 0 Å². The number of ether oxygens (including phenoxy) is 1. The molecule has 6 heteroatoms. The third-order valence-corrected chi connectivity index (χ3v) is 4.58. The quantitative estimate of drug-likeness (QED) is 0.628. The molecule has 0 aliphatic carbocycles. The van der Waals surface area contributed by atoms with E-state index in [-0.39, 0.29) is 5.91 Å². The molecule has 0 aliphatic heterocycles. The van der Waals surface area contributed by atoms with Gasteiger partial charge in [0.15, 0.2) is 0 Å². The van der Waals surface area contributed by atoms with Crippen LogP contribution in [-0.2, 0) is 6.42 Å². The van der Waals surface area contributed by atoms with Gasteiger partial charge in [-0.1, -0.05) is 24.3 Å². The fourth-order valence-electron chi connectivity index (χ4n) is 2.93. The molecule has 0 radical (unpaired) electrons. The number of nitrogens with one attached hydrogen (secondary N) is 2. The molecule has 0 fully saturated rings. The van der Waals surface area contributed by atoms with Crippen molar-refractivity contribution in [3.8, 4) is 5.75 Å². The van der Waals surface area contributed by atoms with Gasteiger partial charge < -0.3 is 15.4 Å². The maximum atomic E-state index is 12.7. The third-order valence-electron chi connectivity index (χ3n) is 4.58. The summed E-state index contributed by atoms with van der Waals surface area (Å²) in [6.07, 6.45) is 0.811. The molecule has 0 atom stereocenters. The van der Waals surface area contributed by atoms with E-state index in [4.69, 9.17) is 4.74 Å². The molecule has 1 amide bonds. The second-order valence-electron chi connectivity index (χ2n) is 7.02. The van der Waals surface area contributed by atoms with E-state index in [1.807, 2.05) is 63.2 Å². The summed E-state index contributed by atoms with van der Waals surface area (Å²) in [5.41, 5.74) is 5.14. The Hall–Kier alpha value is -3.41. The molecule has 0 unspecified atom stereocenters. The molecule has 0 spiro atoms. The van der Waals surface area contributed by atoms with Gasteiger partial charge in [-0.15, -0.1) is 0 Å². The standard InChI is InChI=1S/C23H26N4O2/c1-15-5-6-16(2)20(13-15)26-22(28)21-14-17(3)25-23(27-21)24-12-11-18-7-9-19(29-4)10-8-18/h5-10,13-14H,11-12H2,1-4H3,(H,26,28)(H,24,25,27). The van der Waals surface area contributed by atoms with Crippen LogP contribution in [0.5, 0.6) is 5.75 Å². The lowest BCUT2D eigenvalue weighted by Crippen LogP contribution is -2.17. The number of carbonyl (C=O) groups is 1. The average Bonchev–Trinajstić information content (AvgIpc) is 2.71. The molecule has 150 valence electrons. The predicted molar refractivity (Wildman–Crippen MR) is 116 cm³/mol. The van der Waals surface area contributed by atoms with Gasteiger partial charge in [0.25, 0.3) is 5.91 Å². The van der Waals surface area contributed by atoms with Gasteiger partial charge >= 0.3 is 0 Å². The molecule has 1 aromatic heterocycles. The summed E-state index contributed by atoms with van der Waals surface area (Å²) >= 11 is 0. The van der Waals surface area contributed by atoms with Crippen molar-refractivity contribution in [1.29, 1.82) is 0 Å². The van der Waals surface area contributed by atoms with E-state index in [0.29, 0.717) is 18.2 Å². The van der Waals surface area contributed by atoms with Gasteiger partial charge in [0.1, 0.15) is 11.4 Å². The van der Waals surface area contributed by atoms with Crippen LogP contribution in [0.1, 0.15) is 32.9 Å². The highest BCUT2D eigenvalue weighted by Gasteiger charge is 2.12.